The highest BCUT2D eigenvalue weighted by molar-refractivity contribution is 6.05. The predicted octanol–water partition coefficient (Wildman–Crippen LogP) is 3.65. The molecule has 0 fully saturated rings. The summed E-state index contributed by atoms with van der Waals surface area (Å²) in [6.45, 7) is 0. The Morgan fingerprint density at radius 2 is 1.50 bits per heavy atom. The van der Waals surface area contributed by atoms with Crippen molar-refractivity contribution < 1.29 is 58.9 Å². The number of nitrogens with zero attached hydrogens (tertiary/aromatic N) is 1. The number of hydrogen-bond acceptors (Lipinski definition) is 5. The molecule has 1 unspecified atom stereocenters. The lowest BCUT2D eigenvalue weighted by Gasteiger charge is -2.36. The number of carbonyl (C=O) groups is 2. The summed E-state index contributed by atoms with van der Waals surface area (Å²) in [4.78, 5) is 24.0. The van der Waals surface area contributed by atoms with Crippen molar-refractivity contribution in [1.29, 1.82) is 0 Å². The number of rotatable bonds is 4. The van der Waals surface area contributed by atoms with Gasteiger partial charge in [0.25, 0.3) is 0 Å². The summed E-state index contributed by atoms with van der Waals surface area (Å²) in [5.41, 5.74) is -3.97. The maximum Gasteiger partial charge on any atom is 0.483 e. The van der Waals surface area contributed by atoms with E-state index in [1.807, 2.05) is 0 Å². The van der Waals surface area contributed by atoms with Crippen LogP contribution in [0.15, 0.2) is 12.1 Å². The number of carbonyl (C=O) groups excluding carboxylic acids is 2. The Bertz CT molecular complexity index is 1110. The molecule has 0 radical (unpaired) electrons. The lowest BCUT2D eigenvalue weighted by atomic mass is 10.0. The van der Waals surface area contributed by atoms with Gasteiger partial charge in [-0.15, -0.1) is 0 Å². The standard InChI is InChI=1S/C18H9F8NO5/c1-30-15(16(28)31-2)27-7-3-5(6(19)4-8(7)32-18(25,26)17(27)29)9-10(20)12(22)14(24)13(23)11(9)21/h3-4,15H,1-2H3. The van der Waals surface area contributed by atoms with Crippen molar-refractivity contribution in [3.05, 3.63) is 47.0 Å². The zero-order valence-corrected chi connectivity index (χ0v) is 15.7. The topological polar surface area (TPSA) is 65.1 Å². The number of alkyl halides is 2. The van der Waals surface area contributed by atoms with Crippen LogP contribution < -0.4 is 9.64 Å². The average Bonchev–Trinajstić information content (AvgIpc) is 2.74. The van der Waals surface area contributed by atoms with E-state index in [0.717, 1.165) is 14.2 Å². The Hall–Kier alpha value is -3.42. The lowest BCUT2D eigenvalue weighted by molar-refractivity contribution is -0.196. The van der Waals surface area contributed by atoms with Gasteiger partial charge in [0.1, 0.15) is 5.82 Å². The van der Waals surface area contributed by atoms with Crippen LogP contribution in [0.25, 0.3) is 11.1 Å². The first-order valence-corrected chi connectivity index (χ1v) is 8.23. The number of benzene rings is 2. The maximum absolute atomic E-state index is 14.5. The minimum atomic E-state index is -4.64. The summed E-state index contributed by atoms with van der Waals surface area (Å²) in [5.74, 6) is -18.7. The number of fused-ring (bicyclic) bond motifs is 1. The third-order valence-electron chi connectivity index (χ3n) is 4.35. The second kappa shape index (κ2) is 7.93. The first-order valence-electron chi connectivity index (χ1n) is 8.23. The van der Waals surface area contributed by atoms with Gasteiger partial charge in [-0.05, 0) is 6.07 Å². The Morgan fingerprint density at radius 3 is 2.00 bits per heavy atom. The largest absolute Gasteiger partial charge is 0.483 e. The predicted molar refractivity (Wildman–Crippen MR) is 87.5 cm³/mol. The van der Waals surface area contributed by atoms with Crippen molar-refractivity contribution in [2.45, 2.75) is 12.3 Å². The molecule has 172 valence electrons. The van der Waals surface area contributed by atoms with Crippen LogP contribution in [0.5, 0.6) is 5.75 Å². The Labute approximate surface area is 172 Å². The summed E-state index contributed by atoms with van der Waals surface area (Å²) >= 11 is 0. The number of anilines is 1. The van der Waals surface area contributed by atoms with Crippen LogP contribution in [0.4, 0.5) is 40.8 Å². The molecule has 1 heterocycles. The molecule has 1 aliphatic rings. The number of halogens is 8. The van der Waals surface area contributed by atoms with Crippen molar-refractivity contribution in [3.8, 4) is 16.9 Å². The molecule has 0 aliphatic carbocycles. The molecule has 3 rings (SSSR count). The first-order chi connectivity index (χ1) is 14.9. The molecule has 6 nitrogen and oxygen atoms in total. The zero-order valence-electron chi connectivity index (χ0n) is 15.7. The molecule has 1 atom stereocenters. The fourth-order valence-electron chi connectivity index (χ4n) is 2.92. The van der Waals surface area contributed by atoms with Crippen LogP contribution in [0.3, 0.4) is 0 Å². The number of hydrogen-bond donors (Lipinski definition) is 0. The molecule has 32 heavy (non-hydrogen) atoms. The van der Waals surface area contributed by atoms with Gasteiger partial charge in [0, 0.05) is 18.7 Å². The van der Waals surface area contributed by atoms with E-state index in [0.29, 0.717) is 0 Å². The summed E-state index contributed by atoms with van der Waals surface area (Å²) in [7, 11) is 1.61. The first kappa shape index (κ1) is 23.2. The van der Waals surface area contributed by atoms with Crippen molar-refractivity contribution in [2.75, 3.05) is 19.1 Å². The molecule has 0 spiro atoms. The molecule has 0 saturated heterocycles. The van der Waals surface area contributed by atoms with Gasteiger partial charge < -0.3 is 14.2 Å². The molecule has 0 bridgehead atoms. The Kier molecular flexibility index (Phi) is 5.76. The van der Waals surface area contributed by atoms with Crippen molar-refractivity contribution in [1.82, 2.24) is 0 Å². The molecule has 2 aromatic carbocycles. The van der Waals surface area contributed by atoms with E-state index in [4.69, 9.17) is 0 Å². The van der Waals surface area contributed by atoms with Crippen LogP contribution in [0.2, 0.25) is 0 Å². The molecule has 0 saturated carbocycles. The quantitative estimate of drug-likeness (QED) is 0.295. The van der Waals surface area contributed by atoms with Crippen LogP contribution in [-0.2, 0) is 19.1 Å². The van der Waals surface area contributed by atoms with Crippen LogP contribution in [-0.4, -0.2) is 38.4 Å². The van der Waals surface area contributed by atoms with Gasteiger partial charge >= 0.3 is 18.0 Å². The molecule has 0 aromatic heterocycles. The number of methoxy groups -OCH3 is 2. The Balaban J connectivity index is 2.34. The number of esters is 1. The van der Waals surface area contributed by atoms with E-state index in [-0.39, 0.29) is 17.0 Å². The maximum atomic E-state index is 14.5. The van der Waals surface area contributed by atoms with Gasteiger partial charge in [-0.25, -0.2) is 31.1 Å². The van der Waals surface area contributed by atoms with Gasteiger partial charge in [0.15, 0.2) is 29.0 Å². The van der Waals surface area contributed by atoms with Gasteiger partial charge in [-0.3, -0.25) is 9.69 Å². The normalized spacial score (nSPS) is 15.8. The van der Waals surface area contributed by atoms with Crippen LogP contribution in [0, 0.1) is 34.9 Å². The van der Waals surface area contributed by atoms with Crippen molar-refractivity contribution in [3.63, 3.8) is 0 Å². The zero-order chi connectivity index (χ0) is 24.1. The highest BCUT2D eigenvalue weighted by Gasteiger charge is 2.54. The lowest BCUT2D eigenvalue weighted by Crippen LogP contribution is -2.57. The highest BCUT2D eigenvalue weighted by atomic mass is 19.3. The second-order valence-electron chi connectivity index (χ2n) is 6.15. The SMILES string of the molecule is COC(=O)C(OC)N1C(=O)C(F)(F)Oc2cc(F)c(-c3c(F)c(F)c(F)c(F)c3F)cc21. The van der Waals surface area contributed by atoms with E-state index in [1.165, 1.54) is 0 Å². The monoisotopic (exact) mass is 471 g/mol. The van der Waals surface area contributed by atoms with E-state index in [2.05, 4.69) is 14.2 Å². The number of amides is 1. The molecular weight excluding hydrogens is 462 g/mol. The molecule has 14 heteroatoms. The molecular formula is C18H9F8NO5. The van der Waals surface area contributed by atoms with Crippen LogP contribution in [0.1, 0.15) is 0 Å². The fourth-order valence-corrected chi connectivity index (χ4v) is 2.92. The minimum absolute atomic E-state index is 0.0698. The van der Waals surface area contributed by atoms with Crippen molar-refractivity contribution in [2.24, 2.45) is 0 Å². The van der Waals surface area contributed by atoms with E-state index in [1.54, 1.807) is 0 Å². The second-order valence-corrected chi connectivity index (χ2v) is 6.15. The van der Waals surface area contributed by atoms with Crippen LogP contribution >= 0.6 is 0 Å². The van der Waals surface area contributed by atoms with E-state index < -0.39 is 81.7 Å². The van der Waals surface area contributed by atoms with Gasteiger partial charge in [0.2, 0.25) is 12.0 Å². The third kappa shape index (κ3) is 3.39. The summed E-state index contributed by atoms with van der Waals surface area (Å²) in [6.07, 6.45) is -6.85. The fraction of sp³-hybridized carbons (Fsp3) is 0.222. The summed E-state index contributed by atoms with van der Waals surface area (Å²) < 4.78 is 125. The van der Waals surface area contributed by atoms with E-state index in [9.17, 15) is 44.7 Å². The van der Waals surface area contributed by atoms with Gasteiger partial charge in [0.05, 0.1) is 18.4 Å². The van der Waals surface area contributed by atoms with E-state index >= 15 is 0 Å². The number of ether oxygens (including phenoxy) is 3. The van der Waals surface area contributed by atoms with Gasteiger partial charge in [-0.2, -0.15) is 8.78 Å². The highest BCUT2D eigenvalue weighted by Crippen LogP contribution is 2.45. The molecule has 1 aliphatic heterocycles. The minimum Gasteiger partial charge on any atom is -0.466 e. The molecule has 1 amide bonds. The summed E-state index contributed by atoms with van der Waals surface area (Å²) in [5, 5.41) is 0. The summed E-state index contributed by atoms with van der Waals surface area (Å²) in [6, 6.07) is 0.394. The average molecular weight is 471 g/mol. The smallest absolute Gasteiger partial charge is 0.466 e. The Morgan fingerprint density at radius 1 is 0.969 bits per heavy atom. The third-order valence-corrected chi connectivity index (χ3v) is 4.35. The van der Waals surface area contributed by atoms with Crippen molar-refractivity contribution >= 4 is 17.6 Å². The molecule has 0 N–H and O–H groups in total. The molecule has 2 aromatic rings. The van der Waals surface area contributed by atoms with Gasteiger partial charge in [-0.1, -0.05) is 0 Å².